The largest absolute Gasteiger partial charge is 0.465 e. The molecule has 0 radical (unpaired) electrons. The molecule has 15 atom stereocenters. The summed E-state index contributed by atoms with van der Waals surface area (Å²) in [4.78, 5) is 54.8. The lowest BCUT2D eigenvalue weighted by Gasteiger charge is -2.48. The first-order chi connectivity index (χ1) is 22.8. The van der Waals surface area contributed by atoms with Gasteiger partial charge < -0.3 is 48.9 Å². The number of nitrogens with zero attached hydrogens (tertiary/aromatic N) is 1. The van der Waals surface area contributed by atoms with Crippen LogP contribution in [0, 0.1) is 29.6 Å². The fraction of sp³-hybridized carbons (Fsp3) is 0.886. The predicted octanol–water partition coefficient (Wildman–Crippen LogP) is 2.77. The van der Waals surface area contributed by atoms with Crippen LogP contribution in [0.15, 0.2) is 0 Å². The first-order valence-corrected chi connectivity index (χ1v) is 17.7. The van der Waals surface area contributed by atoms with Crippen molar-refractivity contribution < 1.29 is 57.8 Å². The van der Waals surface area contributed by atoms with E-state index in [-0.39, 0.29) is 44.0 Å². The Morgan fingerprint density at radius 1 is 1.06 bits per heavy atom. The number of hydrogen-bond donors (Lipinski definition) is 3. The summed E-state index contributed by atoms with van der Waals surface area (Å²) in [6, 6.07) is -1.08. The van der Waals surface area contributed by atoms with E-state index in [9.17, 15) is 29.4 Å². The van der Waals surface area contributed by atoms with Crippen molar-refractivity contribution in [1.82, 2.24) is 10.2 Å². The van der Waals surface area contributed by atoms with Gasteiger partial charge in [0.25, 0.3) is 0 Å². The average molecular weight is 699 g/mol. The van der Waals surface area contributed by atoms with Gasteiger partial charge in [-0.15, -0.1) is 0 Å². The molecule has 4 saturated heterocycles. The van der Waals surface area contributed by atoms with Crippen molar-refractivity contribution in [3.8, 4) is 0 Å². The Morgan fingerprint density at radius 2 is 1.73 bits per heavy atom. The molecule has 0 aromatic rings. The molecular weight excluding hydrogens is 640 g/mol. The fourth-order valence-corrected chi connectivity index (χ4v) is 8.69. The highest BCUT2D eigenvalue weighted by Crippen LogP contribution is 2.46. The number of amides is 1. The van der Waals surface area contributed by atoms with E-state index in [0.717, 1.165) is 0 Å². The van der Waals surface area contributed by atoms with Gasteiger partial charge in [0.2, 0.25) is 0 Å². The van der Waals surface area contributed by atoms with E-state index in [1.165, 1.54) is 0 Å². The van der Waals surface area contributed by atoms with Crippen LogP contribution in [-0.2, 0) is 42.8 Å². The maximum Gasteiger partial charge on any atom is 0.405 e. The van der Waals surface area contributed by atoms with Crippen molar-refractivity contribution in [3.63, 3.8) is 0 Å². The molecule has 4 rings (SSSR count). The van der Waals surface area contributed by atoms with Crippen LogP contribution in [0.25, 0.3) is 0 Å². The number of hydrogen-bond acceptors (Lipinski definition) is 12. The van der Waals surface area contributed by atoms with Crippen LogP contribution >= 0.6 is 0 Å². The van der Waals surface area contributed by atoms with Gasteiger partial charge in [-0.2, -0.15) is 0 Å². The molecule has 280 valence electrons. The normalized spacial score (nSPS) is 45.7. The van der Waals surface area contributed by atoms with Crippen molar-refractivity contribution in [2.24, 2.45) is 29.6 Å². The topological polar surface area (TPSA) is 179 Å². The molecular formula is C35H58N2O12. The number of carbonyl (C=O) groups excluding carboxylic acids is 3. The minimum Gasteiger partial charge on any atom is -0.465 e. The summed E-state index contributed by atoms with van der Waals surface area (Å²) in [6.07, 6.45) is -5.22. The van der Waals surface area contributed by atoms with Crippen LogP contribution < -0.4 is 5.32 Å². The minimum absolute atomic E-state index is 0.00662. The zero-order valence-corrected chi connectivity index (χ0v) is 30.7. The van der Waals surface area contributed by atoms with Crippen LogP contribution in [0.1, 0.15) is 81.1 Å². The number of Topliss-reactive ketones (excluding diaryl/α,β-unsaturated/α-hetero) is 1. The number of fused-ring (bicyclic) bond motifs is 4. The number of aliphatic hydroxyl groups is 1. The van der Waals surface area contributed by atoms with Gasteiger partial charge >= 0.3 is 18.0 Å². The van der Waals surface area contributed by atoms with Gasteiger partial charge in [-0.3, -0.25) is 14.4 Å². The number of ether oxygens (including phenoxy) is 6. The lowest BCUT2D eigenvalue weighted by Crippen LogP contribution is -2.60. The number of esters is 2. The highest BCUT2D eigenvalue weighted by Gasteiger charge is 2.57. The molecule has 0 aromatic carbocycles. The van der Waals surface area contributed by atoms with Crippen molar-refractivity contribution in [2.45, 2.75) is 141 Å². The highest BCUT2D eigenvalue weighted by atomic mass is 16.7. The van der Waals surface area contributed by atoms with Crippen LogP contribution in [0.4, 0.5) is 4.79 Å². The number of carboxylic acid groups (broad SMARTS) is 1. The average Bonchev–Trinajstić information content (AvgIpc) is 3.35. The quantitative estimate of drug-likeness (QED) is 0.357. The monoisotopic (exact) mass is 698 g/mol. The first-order valence-electron chi connectivity index (χ1n) is 17.7. The molecule has 49 heavy (non-hydrogen) atoms. The van der Waals surface area contributed by atoms with Crippen molar-refractivity contribution in [2.75, 3.05) is 27.3 Å². The molecule has 4 fully saturated rings. The summed E-state index contributed by atoms with van der Waals surface area (Å²) in [5, 5.41) is 23.6. The third-order valence-electron chi connectivity index (χ3n) is 11.4. The molecule has 1 unspecified atom stereocenters. The van der Waals surface area contributed by atoms with Crippen molar-refractivity contribution >= 4 is 23.8 Å². The Hall–Kier alpha value is -2.36. The molecule has 0 aromatic heterocycles. The zero-order valence-electron chi connectivity index (χ0n) is 30.7. The molecule has 0 spiro atoms. The number of carbonyl (C=O) groups is 4. The second-order valence-electron chi connectivity index (χ2n) is 15.4. The summed E-state index contributed by atoms with van der Waals surface area (Å²) < 4.78 is 38.0. The SMILES string of the molecule is CC[C@H]1OC(=O)[C@H](C)[C@H]2OCC(NC(=O)O)CO[C@](C)(C[C@@H](C)C(=O)[C@H](C)[C@@H]3CC(=O)O[C@]13C)[C@H](O[C@@H]1O[C@H](C)C[C@H](N(C)C)[C@H]1O)[C@@H]2C. The maximum absolute atomic E-state index is 14.3. The zero-order chi connectivity index (χ0) is 36.6. The minimum atomic E-state index is -1.28. The predicted molar refractivity (Wildman–Crippen MR) is 175 cm³/mol. The smallest absolute Gasteiger partial charge is 0.405 e. The molecule has 2 bridgehead atoms. The lowest BCUT2D eigenvalue weighted by atomic mass is 9.70. The first kappa shape index (κ1) is 39.4. The van der Waals surface area contributed by atoms with Gasteiger partial charge in [0.05, 0.1) is 55.5 Å². The van der Waals surface area contributed by atoms with Gasteiger partial charge in [0.15, 0.2) is 6.29 Å². The molecule has 4 aliphatic heterocycles. The molecule has 4 heterocycles. The Morgan fingerprint density at radius 3 is 2.35 bits per heavy atom. The third kappa shape index (κ3) is 8.25. The van der Waals surface area contributed by atoms with E-state index in [1.807, 2.05) is 39.8 Å². The van der Waals surface area contributed by atoms with E-state index in [0.29, 0.717) is 12.8 Å². The summed E-state index contributed by atoms with van der Waals surface area (Å²) in [5.74, 6) is -4.51. The molecule has 4 aliphatic rings. The highest BCUT2D eigenvalue weighted by molar-refractivity contribution is 5.85. The lowest BCUT2D eigenvalue weighted by molar-refractivity contribution is -0.302. The number of cyclic esters (lactones) is 1. The Bertz CT molecular complexity index is 1220. The number of ketones is 1. The van der Waals surface area contributed by atoms with Crippen LogP contribution in [0.2, 0.25) is 0 Å². The van der Waals surface area contributed by atoms with E-state index in [1.54, 1.807) is 34.6 Å². The van der Waals surface area contributed by atoms with Gasteiger partial charge in [-0.05, 0) is 61.1 Å². The maximum atomic E-state index is 14.3. The van der Waals surface area contributed by atoms with E-state index in [4.69, 9.17) is 28.4 Å². The molecule has 1 amide bonds. The molecule has 3 N–H and O–H groups in total. The summed E-state index contributed by atoms with van der Waals surface area (Å²) >= 11 is 0. The van der Waals surface area contributed by atoms with E-state index in [2.05, 4.69) is 5.32 Å². The van der Waals surface area contributed by atoms with E-state index >= 15 is 0 Å². The van der Waals surface area contributed by atoms with Crippen molar-refractivity contribution in [3.05, 3.63) is 0 Å². The fourth-order valence-electron chi connectivity index (χ4n) is 8.69. The van der Waals surface area contributed by atoms with Crippen LogP contribution in [-0.4, -0.2) is 126 Å². The van der Waals surface area contributed by atoms with Gasteiger partial charge in [-0.25, -0.2) is 4.79 Å². The van der Waals surface area contributed by atoms with Gasteiger partial charge in [0.1, 0.15) is 23.6 Å². The number of aliphatic hydroxyl groups excluding tert-OH is 1. The second kappa shape index (κ2) is 15.5. The Labute approximate surface area is 289 Å². The molecule has 0 saturated carbocycles. The Balaban J connectivity index is 1.86. The summed E-state index contributed by atoms with van der Waals surface area (Å²) in [5.41, 5.74) is -2.51. The van der Waals surface area contributed by atoms with Gasteiger partial charge in [0, 0.05) is 29.7 Å². The Kier molecular flexibility index (Phi) is 12.5. The molecule has 14 nitrogen and oxygen atoms in total. The standard InChI is InChI=1S/C35H58N2O12/c1-11-25-35(8)23(13-26(38)49-35)19(4)27(39)17(2)14-34(7)30(48-32-28(40)24(37(9)10)12-18(3)46-32)20(5)29(21(6)31(41)47-25)44-15-22(16-45-34)36-33(42)43/h17-25,28-30,32,36,40H,11-16H2,1-10H3,(H,42,43)/t17-,18-,19-,20-,21-,22?,23+,24+,25-,28-,29+,30-,32+,34-,35+/m1/s1. The van der Waals surface area contributed by atoms with Gasteiger partial charge in [-0.1, -0.05) is 27.7 Å². The van der Waals surface area contributed by atoms with Crippen LogP contribution in [0.3, 0.4) is 0 Å². The molecule has 14 heteroatoms. The van der Waals surface area contributed by atoms with E-state index < -0.39 is 95.6 Å². The number of rotatable bonds is 5. The molecule has 0 aliphatic carbocycles. The summed E-state index contributed by atoms with van der Waals surface area (Å²) in [6.45, 7) is 14.1. The second-order valence-corrected chi connectivity index (χ2v) is 15.4. The number of nitrogens with one attached hydrogen (secondary N) is 1. The van der Waals surface area contributed by atoms with Crippen molar-refractivity contribution in [1.29, 1.82) is 0 Å². The summed E-state index contributed by atoms with van der Waals surface area (Å²) in [7, 11) is 3.75. The van der Waals surface area contributed by atoms with Crippen LogP contribution in [0.5, 0.6) is 0 Å². The third-order valence-corrected chi connectivity index (χ3v) is 11.4. The number of likely N-dealkylation sites (N-methyl/N-ethyl adjacent to an activating group) is 1.